The molecule has 5 heteroatoms. The molecule has 3 aromatic rings. The van der Waals surface area contributed by atoms with Gasteiger partial charge >= 0.3 is 0 Å². The molecular formula is C20H19ClN4. The summed E-state index contributed by atoms with van der Waals surface area (Å²) in [6.45, 7) is 4.93. The van der Waals surface area contributed by atoms with Gasteiger partial charge in [0.2, 0.25) is 5.95 Å². The fourth-order valence-electron chi connectivity index (χ4n) is 3.19. The summed E-state index contributed by atoms with van der Waals surface area (Å²) >= 11 is 6.04. The third-order valence-corrected chi connectivity index (χ3v) is 4.66. The predicted octanol–water partition coefficient (Wildman–Crippen LogP) is 5.18. The van der Waals surface area contributed by atoms with Crippen LogP contribution in [-0.2, 0) is 6.42 Å². The molecule has 0 saturated carbocycles. The van der Waals surface area contributed by atoms with E-state index in [0.717, 1.165) is 46.7 Å². The standard InChI is InChI=1S/C20H19ClN4/c1-13-11-16(21)7-8-17(13)23-19-12-14(2)22-20(24-19)25-10-9-15-5-3-4-6-18(15)25/h3-8,11-12H,9-10H2,1-2H3,(H,22,23,24). The van der Waals surface area contributed by atoms with Gasteiger partial charge in [-0.05, 0) is 55.7 Å². The molecule has 0 atom stereocenters. The van der Waals surface area contributed by atoms with Crippen molar-refractivity contribution < 1.29 is 0 Å². The van der Waals surface area contributed by atoms with Crippen molar-refractivity contribution in [1.29, 1.82) is 0 Å². The number of hydrogen-bond acceptors (Lipinski definition) is 4. The molecule has 0 amide bonds. The minimum Gasteiger partial charge on any atom is -0.340 e. The molecule has 1 N–H and O–H groups in total. The van der Waals surface area contributed by atoms with Crippen LogP contribution in [0.15, 0.2) is 48.5 Å². The summed E-state index contributed by atoms with van der Waals surface area (Å²) < 4.78 is 0. The molecule has 4 rings (SSSR count). The van der Waals surface area contributed by atoms with Crippen LogP contribution in [0.25, 0.3) is 0 Å². The molecule has 2 heterocycles. The molecule has 126 valence electrons. The monoisotopic (exact) mass is 350 g/mol. The van der Waals surface area contributed by atoms with Gasteiger partial charge in [0.05, 0.1) is 0 Å². The second-order valence-electron chi connectivity index (χ2n) is 6.31. The van der Waals surface area contributed by atoms with E-state index in [9.17, 15) is 0 Å². The maximum atomic E-state index is 6.04. The highest BCUT2D eigenvalue weighted by atomic mass is 35.5. The second-order valence-corrected chi connectivity index (χ2v) is 6.75. The van der Waals surface area contributed by atoms with Crippen molar-refractivity contribution in [2.75, 3.05) is 16.8 Å². The Bertz CT molecular complexity index is 939. The number of aryl methyl sites for hydroxylation is 2. The van der Waals surface area contributed by atoms with Crippen LogP contribution < -0.4 is 10.2 Å². The SMILES string of the molecule is Cc1cc(Nc2ccc(Cl)cc2C)nc(N2CCc3ccccc32)n1. The number of nitrogens with one attached hydrogen (secondary N) is 1. The molecular weight excluding hydrogens is 332 g/mol. The number of fused-ring (bicyclic) bond motifs is 1. The second kappa shape index (κ2) is 6.37. The van der Waals surface area contributed by atoms with Gasteiger partial charge in [-0.3, -0.25) is 0 Å². The van der Waals surface area contributed by atoms with Gasteiger partial charge in [-0.25, -0.2) is 4.98 Å². The highest BCUT2D eigenvalue weighted by Crippen LogP contribution is 2.33. The van der Waals surface area contributed by atoms with Gasteiger partial charge in [-0.2, -0.15) is 4.98 Å². The van der Waals surface area contributed by atoms with Crippen LogP contribution in [0.4, 0.5) is 23.1 Å². The number of para-hydroxylation sites is 1. The Morgan fingerprint density at radius 3 is 2.72 bits per heavy atom. The van der Waals surface area contributed by atoms with E-state index in [4.69, 9.17) is 16.6 Å². The number of rotatable bonds is 3. The fourth-order valence-corrected chi connectivity index (χ4v) is 3.42. The summed E-state index contributed by atoms with van der Waals surface area (Å²) in [5, 5.41) is 4.12. The van der Waals surface area contributed by atoms with Crippen LogP contribution in [0, 0.1) is 13.8 Å². The Kier molecular flexibility index (Phi) is 4.06. The third kappa shape index (κ3) is 3.17. The number of halogens is 1. The summed E-state index contributed by atoms with van der Waals surface area (Å²) in [5.74, 6) is 1.52. The van der Waals surface area contributed by atoms with Crippen molar-refractivity contribution in [3.63, 3.8) is 0 Å². The van der Waals surface area contributed by atoms with Crippen molar-refractivity contribution in [2.24, 2.45) is 0 Å². The summed E-state index contributed by atoms with van der Waals surface area (Å²) in [7, 11) is 0. The summed E-state index contributed by atoms with van der Waals surface area (Å²) in [5.41, 5.74) is 5.55. The Morgan fingerprint density at radius 1 is 1.04 bits per heavy atom. The van der Waals surface area contributed by atoms with Crippen molar-refractivity contribution in [3.8, 4) is 0 Å². The Labute approximate surface area is 152 Å². The number of nitrogens with zero attached hydrogens (tertiary/aromatic N) is 3. The predicted molar refractivity (Wildman–Crippen MR) is 103 cm³/mol. The molecule has 0 fully saturated rings. The van der Waals surface area contributed by atoms with Crippen LogP contribution in [0.5, 0.6) is 0 Å². The quantitative estimate of drug-likeness (QED) is 0.706. The van der Waals surface area contributed by atoms with E-state index in [2.05, 4.69) is 39.5 Å². The molecule has 0 bridgehead atoms. The lowest BCUT2D eigenvalue weighted by molar-refractivity contribution is 0.931. The van der Waals surface area contributed by atoms with E-state index in [-0.39, 0.29) is 0 Å². The van der Waals surface area contributed by atoms with Gasteiger partial charge in [-0.1, -0.05) is 29.8 Å². The summed E-state index contributed by atoms with van der Waals surface area (Å²) in [6, 6.07) is 16.2. The van der Waals surface area contributed by atoms with E-state index >= 15 is 0 Å². The van der Waals surface area contributed by atoms with Gasteiger partial charge in [-0.15, -0.1) is 0 Å². The lowest BCUT2D eigenvalue weighted by Crippen LogP contribution is -2.17. The van der Waals surface area contributed by atoms with E-state index in [0.29, 0.717) is 0 Å². The minimum atomic E-state index is 0.733. The first-order valence-electron chi connectivity index (χ1n) is 8.34. The molecule has 1 aliphatic rings. The number of benzene rings is 2. The average molecular weight is 351 g/mol. The van der Waals surface area contributed by atoms with E-state index in [1.165, 1.54) is 11.3 Å². The molecule has 0 spiro atoms. The maximum absolute atomic E-state index is 6.04. The van der Waals surface area contributed by atoms with E-state index in [1.807, 2.05) is 38.1 Å². The molecule has 0 aliphatic carbocycles. The van der Waals surface area contributed by atoms with E-state index in [1.54, 1.807) is 0 Å². The average Bonchev–Trinajstić information content (AvgIpc) is 3.01. The van der Waals surface area contributed by atoms with Gasteiger partial charge in [0.25, 0.3) is 0 Å². The number of aromatic nitrogens is 2. The lowest BCUT2D eigenvalue weighted by Gasteiger charge is -2.19. The molecule has 0 radical (unpaired) electrons. The normalized spacial score (nSPS) is 13.0. The first-order chi connectivity index (χ1) is 12.1. The molecule has 2 aromatic carbocycles. The molecule has 25 heavy (non-hydrogen) atoms. The Balaban J connectivity index is 1.68. The van der Waals surface area contributed by atoms with Gasteiger partial charge in [0.15, 0.2) is 0 Å². The molecule has 1 aliphatic heterocycles. The summed E-state index contributed by atoms with van der Waals surface area (Å²) in [6.07, 6.45) is 1.02. The minimum absolute atomic E-state index is 0.733. The lowest BCUT2D eigenvalue weighted by atomic mass is 10.2. The highest BCUT2D eigenvalue weighted by Gasteiger charge is 2.22. The van der Waals surface area contributed by atoms with Gasteiger partial charge in [0.1, 0.15) is 5.82 Å². The van der Waals surface area contributed by atoms with Crippen LogP contribution in [0.1, 0.15) is 16.8 Å². The Morgan fingerprint density at radius 2 is 1.88 bits per heavy atom. The fraction of sp³-hybridized carbons (Fsp3) is 0.200. The van der Waals surface area contributed by atoms with Crippen molar-refractivity contribution in [1.82, 2.24) is 9.97 Å². The Hall–Kier alpha value is -2.59. The molecule has 0 unspecified atom stereocenters. The topological polar surface area (TPSA) is 41.1 Å². The van der Waals surface area contributed by atoms with Gasteiger partial charge in [0, 0.05) is 34.7 Å². The van der Waals surface area contributed by atoms with Crippen molar-refractivity contribution in [3.05, 3.63) is 70.4 Å². The zero-order valence-electron chi connectivity index (χ0n) is 14.3. The van der Waals surface area contributed by atoms with Crippen molar-refractivity contribution >= 4 is 34.7 Å². The zero-order chi connectivity index (χ0) is 17.4. The highest BCUT2D eigenvalue weighted by molar-refractivity contribution is 6.30. The first-order valence-corrected chi connectivity index (χ1v) is 8.72. The zero-order valence-corrected chi connectivity index (χ0v) is 15.0. The first kappa shape index (κ1) is 15.9. The molecule has 4 nitrogen and oxygen atoms in total. The molecule has 1 aromatic heterocycles. The van der Waals surface area contributed by atoms with Crippen LogP contribution >= 0.6 is 11.6 Å². The number of hydrogen-bond donors (Lipinski definition) is 1. The van der Waals surface area contributed by atoms with Crippen LogP contribution in [0.2, 0.25) is 5.02 Å². The number of anilines is 4. The smallest absolute Gasteiger partial charge is 0.232 e. The van der Waals surface area contributed by atoms with Gasteiger partial charge < -0.3 is 10.2 Å². The third-order valence-electron chi connectivity index (χ3n) is 4.42. The summed E-state index contributed by atoms with van der Waals surface area (Å²) in [4.78, 5) is 11.6. The maximum Gasteiger partial charge on any atom is 0.232 e. The van der Waals surface area contributed by atoms with Crippen LogP contribution in [-0.4, -0.2) is 16.5 Å². The van der Waals surface area contributed by atoms with Crippen LogP contribution in [0.3, 0.4) is 0 Å². The largest absolute Gasteiger partial charge is 0.340 e. The van der Waals surface area contributed by atoms with Crippen molar-refractivity contribution in [2.45, 2.75) is 20.3 Å². The molecule has 0 saturated heterocycles. The van der Waals surface area contributed by atoms with E-state index < -0.39 is 0 Å².